The van der Waals surface area contributed by atoms with E-state index in [1.807, 2.05) is 0 Å². The van der Waals surface area contributed by atoms with Crippen molar-refractivity contribution in [1.82, 2.24) is 0 Å². The summed E-state index contributed by atoms with van der Waals surface area (Å²) in [5.74, 6) is -0.992. The lowest BCUT2D eigenvalue weighted by atomic mass is 9.95. The molecule has 0 aromatic heterocycles. The number of carboxylic acid groups (broad SMARTS) is 1. The van der Waals surface area contributed by atoms with E-state index in [-0.39, 0.29) is 24.4 Å². The molecule has 0 bridgehead atoms. The highest BCUT2D eigenvalue weighted by Crippen LogP contribution is 2.23. The van der Waals surface area contributed by atoms with Crippen LogP contribution < -0.4 is 0 Å². The van der Waals surface area contributed by atoms with Crippen molar-refractivity contribution < 1.29 is 19.4 Å². The van der Waals surface area contributed by atoms with Crippen LogP contribution in [0.25, 0.3) is 0 Å². The third-order valence-corrected chi connectivity index (χ3v) is 2.71. The SMILES string of the molecule is C=C(COC1CCCC(OC)C1)C(=O)O. The zero-order valence-corrected chi connectivity index (χ0v) is 9.07. The van der Waals surface area contributed by atoms with Gasteiger partial charge in [0.2, 0.25) is 0 Å². The van der Waals surface area contributed by atoms with Crippen molar-refractivity contribution in [2.75, 3.05) is 13.7 Å². The Morgan fingerprint density at radius 2 is 2.13 bits per heavy atom. The zero-order chi connectivity index (χ0) is 11.3. The van der Waals surface area contributed by atoms with E-state index in [9.17, 15) is 4.79 Å². The zero-order valence-electron chi connectivity index (χ0n) is 9.07. The van der Waals surface area contributed by atoms with Crippen molar-refractivity contribution in [3.8, 4) is 0 Å². The molecule has 1 fully saturated rings. The Morgan fingerprint density at radius 1 is 1.47 bits per heavy atom. The summed E-state index contributed by atoms with van der Waals surface area (Å²) in [7, 11) is 1.70. The molecule has 0 spiro atoms. The Labute approximate surface area is 89.9 Å². The first-order valence-corrected chi connectivity index (χ1v) is 5.19. The molecule has 0 saturated heterocycles. The molecular weight excluding hydrogens is 196 g/mol. The van der Waals surface area contributed by atoms with E-state index in [0.29, 0.717) is 0 Å². The number of carboxylic acids is 1. The minimum Gasteiger partial charge on any atom is -0.478 e. The number of aliphatic carboxylic acids is 1. The van der Waals surface area contributed by atoms with Crippen molar-refractivity contribution in [2.24, 2.45) is 0 Å². The summed E-state index contributed by atoms with van der Waals surface area (Å²) < 4.78 is 10.7. The van der Waals surface area contributed by atoms with Crippen molar-refractivity contribution in [3.63, 3.8) is 0 Å². The molecule has 2 atom stereocenters. The quantitative estimate of drug-likeness (QED) is 0.706. The maximum atomic E-state index is 10.5. The molecule has 0 heterocycles. The summed E-state index contributed by atoms with van der Waals surface area (Å²) >= 11 is 0. The van der Waals surface area contributed by atoms with Gasteiger partial charge in [0.15, 0.2) is 0 Å². The van der Waals surface area contributed by atoms with Gasteiger partial charge in [0.1, 0.15) is 0 Å². The average molecular weight is 214 g/mol. The molecule has 1 aliphatic carbocycles. The predicted molar refractivity (Wildman–Crippen MR) is 55.8 cm³/mol. The maximum absolute atomic E-state index is 10.5. The third-order valence-electron chi connectivity index (χ3n) is 2.71. The Hall–Kier alpha value is -0.870. The van der Waals surface area contributed by atoms with Crippen LogP contribution in [0.1, 0.15) is 25.7 Å². The molecule has 2 unspecified atom stereocenters. The van der Waals surface area contributed by atoms with Gasteiger partial charge < -0.3 is 14.6 Å². The summed E-state index contributed by atoms with van der Waals surface area (Å²) in [5, 5.41) is 8.61. The number of hydrogen-bond donors (Lipinski definition) is 1. The molecule has 0 aromatic rings. The lowest BCUT2D eigenvalue weighted by Crippen LogP contribution is -2.28. The molecule has 0 radical (unpaired) electrons. The van der Waals surface area contributed by atoms with Crippen molar-refractivity contribution in [1.29, 1.82) is 0 Å². The standard InChI is InChI=1S/C11H18O4/c1-8(11(12)13)7-15-10-5-3-4-9(6-10)14-2/h9-10H,1,3-7H2,2H3,(H,12,13). The molecule has 1 rings (SSSR count). The fraction of sp³-hybridized carbons (Fsp3) is 0.727. The Bertz CT molecular complexity index is 237. The van der Waals surface area contributed by atoms with Crippen LogP contribution in [0.3, 0.4) is 0 Å². The second-order valence-electron chi connectivity index (χ2n) is 3.87. The highest BCUT2D eigenvalue weighted by Gasteiger charge is 2.22. The van der Waals surface area contributed by atoms with Gasteiger partial charge in [0.25, 0.3) is 0 Å². The van der Waals surface area contributed by atoms with Crippen LogP contribution in [0.5, 0.6) is 0 Å². The molecule has 4 heteroatoms. The van der Waals surface area contributed by atoms with Gasteiger partial charge in [0.05, 0.1) is 24.4 Å². The summed E-state index contributed by atoms with van der Waals surface area (Å²) in [6, 6.07) is 0. The van der Waals surface area contributed by atoms with Crippen LogP contribution in [-0.2, 0) is 14.3 Å². The smallest absolute Gasteiger partial charge is 0.333 e. The number of hydrogen-bond acceptors (Lipinski definition) is 3. The molecular formula is C11H18O4. The molecule has 1 N–H and O–H groups in total. The second kappa shape index (κ2) is 5.88. The van der Waals surface area contributed by atoms with E-state index in [2.05, 4.69) is 6.58 Å². The van der Waals surface area contributed by atoms with Gasteiger partial charge in [-0.1, -0.05) is 6.58 Å². The van der Waals surface area contributed by atoms with Crippen LogP contribution >= 0.6 is 0 Å². The van der Waals surface area contributed by atoms with Crippen LogP contribution in [0, 0.1) is 0 Å². The molecule has 1 aliphatic rings. The number of carbonyl (C=O) groups is 1. The van der Waals surface area contributed by atoms with Crippen LogP contribution in [0.15, 0.2) is 12.2 Å². The fourth-order valence-corrected chi connectivity index (χ4v) is 1.75. The average Bonchev–Trinajstić information content (AvgIpc) is 2.26. The van der Waals surface area contributed by atoms with Gasteiger partial charge in [-0.25, -0.2) is 4.79 Å². The molecule has 86 valence electrons. The lowest BCUT2D eigenvalue weighted by Gasteiger charge is -2.28. The minimum absolute atomic E-state index is 0.106. The first-order valence-electron chi connectivity index (χ1n) is 5.19. The molecule has 0 aliphatic heterocycles. The van der Waals surface area contributed by atoms with Crippen molar-refractivity contribution in [3.05, 3.63) is 12.2 Å². The lowest BCUT2D eigenvalue weighted by molar-refractivity contribution is -0.133. The summed E-state index contributed by atoms with van der Waals surface area (Å²) in [4.78, 5) is 10.5. The van der Waals surface area contributed by atoms with Gasteiger partial charge in [-0.2, -0.15) is 0 Å². The van der Waals surface area contributed by atoms with E-state index in [0.717, 1.165) is 25.7 Å². The Kier molecular flexibility index (Phi) is 4.78. The predicted octanol–water partition coefficient (Wildman–Crippen LogP) is 1.60. The normalized spacial score (nSPS) is 26.2. The number of ether oxygens (including phenoxy) is 2. The van der Waals surface area contributed by atoms with Gasteiger partial charge in [-0.3, -0.25) is 0 Å². The van der Waals surface area contributed by atoms with E-state index in [1.165, 1.54) is 0 Å². The highest BCUT2D eigenvalue weighted by atomic mass is 16.5. The van der Waals surface area contributed by atoms with E-state index < -0.39 is 5.97 Å². The Morgan fingerprint density at radius 3 is 2.73 bits per heavy atom. The highest BCUT2D eigenvalue weighted by molar-refractivity contribution is 5.85. The van der Waals surface area contributed by atoms with Crippen molar-refractivity contribution >= 4 is 5.97 Å². The second-order valence-corrected chi connectivity index (χ2v) is 3.87. The summed E-state index contributed by atoms with van der Waals surface area (Å²) in [6.07, 6.45) is 4.33. The van der Waals surface area contributed by atoms with Gasteiger partial charge >= 0.3 is 5.97 Å². The minimum atomic E-state index is -0.992. The third kappa shape index (κ3) is 4.01. The molecule has 0 amide bonds. The first kappa shape index (κ1) is 12.2. The van der Waals surface area contributed by atoms with Crippen molar-refractivity contribution in [2.45, 2.75) is 37.9 Å². The molecule has 4 nitrogen and oxygen atoms in total. The monoisotopic (exact) mass is 214 g/mol. The van der Waals surface area contributed by atoms with E-state index in [4.69, 9.17) is 14.6 Å². The van der Waals surface area contributed by atoms with Crippen LogP contribution in [0.4, 0.5) is 0 Å². The van der Waals surface area contributed by atoms with Crippen LogP contribution in [-0.4, -0.2) is 37.0 Å². The van der Waals surface area contributed by atoms with Crippen LogP contribution in [0.2, 0.25) is 0 Å². The van der Waals surface area contributed by atoms with Gasteiger partial charge in [-0.15, -0.1) is 0 Å². The topological polar surface area (TPSA) is 55.8 Å². The van der Waals surface area contributed by atoms with E-state index in [1.54, 1.807) is 7.11 Å². The van der Waals surface area contributed by atoms with E-state index >= 15 is 0 Å². The number of methoxy groups -OCH3 is 1. The summed E-state index contributed by atoms with van der Waals surface area (Å²) in [5.41, 5.74) is 0.106. The van der Waals surface area contributed by atoms with Gasteiger partial charge in [-0.05, 0) is 25.7 Å². The largest absolute Gasteiger partial charge is 0.478 e. The Balaban J connectivity index is 2.26. The molecule has 1 saturated carbocycles. The maximum Gasteiger partial charge on any atom is 0.333 e. The molecule has 15 heavy (non-hydrogen) atoms. The van der Waals surface area contributed by atoms with Gasteiger partial charge in [0, 0.05) is 7.11 Å². The fourth-order valence-electron chi connectivity index (χ4n) is 1.75. The molecule has 0 aromatic carbocycles. The number of rotatable bonds is 5. The summed E-state index contributed by atoms with van der Waals surface area (Å²) in [6.45, 7) is 3.53. The first-order chi connectivity index (χ1) is 7.13.